The van der Waals surface area contributed by atoms with Gasteiger partial charge in [-0.05, 0) is 19.8 Å². The molecule has 66 valence electrons. The highest BCUT2D eigenvalue weighted by atomic mass is 16.3. The zero-order chi connectivity index (χ0) is 8.27. The Bertz CT molecular complexity index is 109. The van der Waals surface area contributed by atoms with Crippen molar-refractivity contribution < 1.29 is 10.2 Å². The Morgan fingerprint density at radius 2 is 2.00 bits per heavy atom. The predicted molar refractivity (Wildman–Crippen MR) is 43.4 cm³/mol. The minimum Gasteiger partial charge on any atom is -0.393 e. The van der Waals surface area contributed by atoms with Crippen LogP contribution in [0.25, 0.3) is 0 Å². The molecule has 11 heavy (non-hydrogen) atoms. The van der Waals surface area contributed by atoms with Crippen LogP contribution < -0.4 is 0 Å². The minimum absolute atomic E-state index is 0.111. The molecule has 1 atom stereocenters. The molecule has 2 N–H and O–H groups in total. The Balaban J connectivity index is 2.17. The van der Waals surface area contributed by atoms with Crippen LogP contribution >= 0.6 is 0 Å². The van der Waals surface area contributed by atoms with E-state index in [0.29, 0.717) is 0 Å². The van der Waals surface area contributed by atoms with Crippen molar-refractivity contribution in [3.8, 4) is 0 Å². The molecule has 0 spiro atoms. The summed E-state index contributed by atoms with van der Waals surface area (Å²) in [5.41, 5.74) is 0. The molecule has 0 aliphatic carbocycles. The van der Waals surface area contributed by atoms with Crippen LogP contribution in [0.3, 0.4) is 0 Å². The third kappa shape index (κ3) is 3.18. The van der Waals surface area contributed by atoms with Gasteiger partial charge < -0.3 is 15.1 Å². The fourth-order valence-corrected chi connectivity index (χ4v) is 1.48. The summed E-state index contributed by atoms with van der Waals surface area (Å²) in [5.74, 6) is 0. The Kier molecular flexibility index (Phi) is 3.30. The van der Waals surface area contributed by atoms with Gasteiger partial charge in [-0.2, -0.15) is 0 Å². The second kappa shape index (κ2) is 4.04. The maximum Gasteiger partial charge on any atom is 0.0639 e. The summed E-state index contributed by atoms with van der Waals surface area (Å²) in [6, 6.07) is 0. The summed E-state index contributed by atoms with van der Waals surface area (Å²) >= 11 is 0. The molecule has 0 unspecified atom stereocenters. The van der Waals surface area contributed by atoms with E-state index in [0.717, 1.165) is 32.5 Å². The van der Waals surface area contributed by atoms with Crippen molar-refractivity contribution in [3.63, 3.8) is 0 Å². The van der Waals surface area contributed by atoms with E-state index in [-0.39, 0.29) is 12.2 Å². The number of hydrogen-bond donors (Lipinski definition) is 2. The van der Waals surface area contributed by atoms with E-state index in [1.165, 1.54) is 0 Å². The van der Waals surface area contributed by atoms with Gasteiger partial charge in [-0.15, -0.1) is 0 Å². The second-order valence-corrected chi connectivity index (χ2v) is 3.38. The van der Waals surface area contributed by atoms with Crippen molar-refractivity contribution in [2.75, 3.05) is 19.6 Å². The average Bonchev–Trinajstić information content (AvgIpc) is 1.93. The van der Waals surface area contributed by atoms with Gasteiger partial charge in [0.05, 0.1) is 12.2 Å². The van der Waals surface area contributed by atoms with Crippen LogP contribution in [-0.2, 0) is 0 Å². The van der Waals surface area contributed by atoms with Gasteiger partial charge in [0.15, 0.2) is 0 Å². The highest BCUT2D eigenvalue weighted by Gasteiger charge is 2.17. The number of rotatable bonds is 2. The number of piperidine rings is 1. The first-order valence-corrected chi connectivity index (χ1v) is 4.27. The minimum atomic E-state index is -0.245. The van der Waals surface area contributed by atoms with E-state index in [2.05, 4.69) is 4.90 Å². The van der Waals surface area contributed by atoms with Gasteiger partial charge in [0.2, 0.25) is 0 Å². The Hall–Kier alpha value is -0.120. The summed E-state index contributed by atoms with van der Waals surface area (Å²) in [7, 11) is 0. The number of likely N-dealkylation sites (tertiary alicyclic amines) is 1. The molecule has 1 fully saturated rings. The molecule has 1 rings (SSSR count). The van der Waals surface area contributed by atoms with Crippen molar-refractivity contribution in [3.05, 3.63) is 0 Å². The Labute approximate surface area is 67.6 Å². The molecular formula is C8H17NO2. The van der Waals surface area contributed by atoms with Crippen LogP contribution in [0.15, 0.2) is 0 Å². The van der Waals surface area contributed by atoms with Crippen LogP contribution in [0.4, 0.5) is 0 Å². The summed E-state index contributed by atoms with van der Waals surface area (Å²) < 4.78 is 0. The molecular weight excluding hydrogens is 142 g/mol. The molecule has 1 heterocycles. The van der Waals surface area contributed by atoms with E-state index >= 15 is 0 Å². The molecule has 0 aromatic rings. The van der Waals surface area contributed by atoms with Crippen molar-refractivity contribution in [2.24, 2.45) is 0 Å². The van der Waals surface area contributed by atoms with Crippen molar-refractivity contribution in [1.82, 2.24) is 4.90 Å². The first-order chi connectivity index (χ1) is 5.18. The van der Waals surface area contributed by atoms with E-state index in [1.54, 1.807) is 6.92 Å². The van der Waals surface area contributed by atoms with Crippen molar-refractivity contribution in [2.45, 2.75) is 32.0 Å². The fraction of sp³-hybridized carbons (Fsp3) is 1.00. The number of β-amino-alcohol motifs (C(OH)–C–C–N with tert-alkyl or cyclic N) is 1. The topological polar surface area (TPSA) is 43.7 Å². The van der Waals surface area contributed by atoms with Crippen LogP contribution in [0.2, 0.25) is 0 Å². The molecule has 0 bridgehead atoms. The molecule has 0 radical (unpaired) electrons. The zero-order valence-electron chi connectivity index (χ0n) is 7.03. The maximum absolute atomic E-state index is 9.17. The fourth-order valence-electron chi connectivity index (χ4n) is 1.48. The van der Waals surface area contributed by atoms with E-state index in [4.69, 9.17) is 5.11 Å². The largest absolute Gasteiger partial charge is 0.393 e. The molecule has 3 nitrogen and oxygen atoms in total. The van der Waals surface area contributed by atoms with Crippen LogP contribution in [-0.4, -0.2) is 47.0 Å². The monoisotopic (exact) mass is 159 g/mol. The first-order valence-electron chi connectivity index (χ1n) is 4.27. The zero-order valence-corrected chi connectivity index (χ0v) is 7.03. The third-order valence-electron chi connectivity index (χ3n) is 2.08. The Morgan fingerprint density at radius 1 is 1.45 bits per heavy atom. The van der Waals surface area contributed by atoms with Crippen molar-refractivity contribution in [1.29, 1.82) is 0 Å². The highest BCUT2D eigenvalue weighted by Crippen LogP contribution is 2.09. The van der Waals surface area contributed by atoms with E-state index in [1.807, 2.05) is 0 Å². The number of aliphatic hydroxyl groups is 2. The van der Waals surface area contributed by atoms with Crippen molar-refractivity contribution >= 4 is 0 Å². The first kappa shape index (κ1) is 8.97. The Morgan fingerprint density at radius 3 is 2.45 bits per heavy atom. The lowest BCUT2D eigenvalue weighted by Gasteiger charge is -2.30. The standard InChI is InChI=1S/C8H17NO2/c1-7(10)6-9-4-2-8(11)3-5-9/h7-8,10-11H,2-6H2,1H3/t7-/m0/s1. The van der Waals surface area contributed by atoms with Gasteiger partial charge in [0.1, 0.15) is 0 Å². The number of hydrogen-bond acceptors (Lipinski definition) is 3. The summed E-state index contributed by atoms with van der Waals surface area (Å²) in [6.07, 6.45) is 1.35. The quantitative estimate of drug-likeness (QED) is 0.587. The normalized spacial score (nSPS) is 25.4. The average molecular weight is 159 g/mol. The summed E-state index contributed by atoms with van der Waals surface area (Å²) in [5, 5.41) is 18.2. The van der Waals surface area contributed by atoms with Gasteiger partial charge in [-0.25, -0.2) is 0 Å². The van der Waals surface area contributed by atoms with Crippen LogP contribution in [0.5, 0.6) is 0 Å². The van der Waals surface area contributed by atoms with Gasteiger partial charge in [0, 0.05) is 19.6 Å². The summed E-state index contributed by atoms with van der Waals surface area (Å²) in [6.45, 7) is 4.38. The summed E-state index contributed by atoms with van der Waals surface area (Å²) in [4.78, 5) is 2.19. The molecule has 3 heteroatoms. The van der Waals surface area contributed by atoms with Crippen LogP contribution in [0, 0.1) is 0 Å². The lowest BCUT2D eigenvalue weighted by atomic mass is 10.1. The molecule has 1 aliphatic heterocycles. The van der Waals surface area contributed by atoms with Gasteiger partial charge in [-0.3, -0.25) is 0 Å². The van der Waals surface area contributed by atoms with Crippen LogP contribution in [0.1, 0.15) is 19.8 Å². The van der Waals surface area contributed by atoms with E-state index in [9.17, 15) is 5.11 Å². The number of aliphatic hydroxyl groups excluding tert-OH is 2. The van der Waals surface area contributed by atoms with Gasteiger partial charge in [-0.1, -0.05) is 0 Å². The maximum atomic E-state index is 9.17. The molecule has 0 aromatic heterocycles. The highest BCUT2D eigenvalue weighted by molar-refractivity contribution is 4.71. The smallest absolute Gasteiger partial charge is 0.0639 e. The molecule has 1 saturated heterocycles. The second-order valence-electron chi connectivity index (χ2n) is 3.38. The number of nitrogens with zero attached hydrogens (tertiary/aromatic N) is 1. The molecule has 0 aromatic carbocycles. The van der Waals surface area contributed by atoms with E-state index < -0.39 is 0 Å². The molecule has 1 aliphatic rings. The van der Waals surface area contributed by atoms with Gasteiger partial charge >= 0.3 is 0 Å². The molecule has 0 amide bonds. The van der Waals surface area contributed by atoms with Gasteiger partial charge in [0.25, 0.3) is 0 Å². The lowest BCUT2D eigenvalue weighted by Crippen LogP contribution is -2.39. The molecule has 0 saturated carbocycles. The third-order valence-corrected chi connectivity index (χ3v) is 2.08. The predicted octanol–water partition coefficient (Wildman–Crippen LogP) is -0.176. The lowest BCUT2D eigenvalue weighted by molar-refractivity contribution is 0.0560. The SMILES string of the molecule is C[C@H](O)CN1CCC(O)CC1.